The van der Waals surface area contributed by atoms with Crippen LogP contribution in [0.4, 0.5) is 8.78 Å². The Balaban J connectivity index is 1.82. The summed E-state index contributed by atoms with van der Waals surface area (Å²) in [5, 5.41) is 12.4. The Morgan fingerprint density at radius 2 is 2.10 bits per heavy atom. The van der Waals surface area contributed by atoms with Crippen LogP contribution in [0.15, 0.2) is 18.2 Å². The van der Waals surface area contributed by atoms with Crippen LogP contribution in [0, 0.1) is 23.5 Å². The molecule has 0 heterocycles. The first-order valence-electron chi connectivity index (χ1n) is 7.29. The smallest absolute Gasteiger partial charge is 0.223 e. The van der Waals surface area contributed by atoms with Gasteiger partial charge in [0.1, 0.15) is 0 Å². The minimum Gasteiger partial charge on any atom is -0.391 e. The summed E-state index contributed by atoms with van der Waals surface area (Å²) in [5.74, 6) is -1.79. The molecule has 1 aliphatic carbocycles. The first-order valence-corrected chi connectivity index (χ1v) is 7.29. The molecule has 21 heavy (non-hydrogen) atoms. The highest BCUT2D eigenvalue weighted by Crippen LogP contribution is 2.47. The van der Waals surface area contributed by atoms with E-state index in [0.29, 0.717) is 24.3 Å². The second-order valence-corrected chi connectivity index (χ2v) is 6.15. The Kier molecular flexibility index (Phi) is 4.93. The Hall–Kier alpha value is -1.49. The molecular formula is C16H21F2NO2. The highest BCUT2D eigenvalue weighted by Gasteiger charge is 2.44. The molecule has 0 spiro atoms. The van der Waals surface area contributed by atoms with Crippen molar-refractivity contribution in [2.45, 2.75) is 38.7 Å². The third-order valence-corrected chi connectivity index (χ3v) is 3.75. The van der Waals surface area contributed by atoms with E-state index < -0.39 is 17.7 Å². The maximum Gasteiger partial charge on any atom is 0.223 e. The zero-order chi connectivity index (χ0) is 15.6. The fourth-order valence-electron chi connectivity index (χ4n) is 2.57. The van der Waals surface area contributed by atoms with E-state index in [2.05, 4.69) is 5.32 Å². The molecular weight excluding hydrogens is 276 g/mol. The molecule has 116 valence electrons. The van der Waals surface area contributed by atoms with Gasteiger partial charge in [-0.15, -0.1) is 0 Å². The van der Waals surface area contributed by atoms with Crippen molar-refractivity contribution in [2.75, 3.05) is 6.54 Å². The van der Waals surface area contributed by atoms with E-state index in [1.165, 1.54) is 6.07 Å². The molecule has 2 rings (SSSR count). The normalized spacial score (nSPS) is 22.2. The van der Waals surface area contributed by atoms with E-state index in [0.717, 1.165) is 12.1 Å². The van der Waals surface area contributed by atoms with E-state index >= 15 is 0 Å². The van der Waals surface area contributed by atoms with Crippen molar-refractivity contribution >= 4 is 5.91 Å². The molecule has 3 unspecified atom stereocenters. The number of aliphatic hydroxyl groups is 1. The first kappa shape index (κ1) is 15.9. The summed E-state index contributed by atoms with van der Waals surface area (Å²) in [5.41, 5.74) is 0.650. The van der Waals surface area contributed by atoms with E-state index in [1.807, 2.05) is 13.8 Å². The molecule has 3 nitrogen and oxygen atoms in total. The summed E-state index contributed by atoms with van der Waals surface area (Å²) in [7, 11) is 0. The largest absolute Gasteiger partial charge is 0.391 e. The summed E-state index contributed by atoms with van der Waals surface area (Å²) < 4.78 is 26.0. The number of carbonyl (C=O) groups is 1. The molecule has 1 aromatic carbocycles. The van der Waals surface area contributed by atoms with Gasteiger partial charge in [0, 0.05) is 12.5 Å². The van der Waals surface area contributed by atoms with Crippen molar-refractivity contribution in [3.63, 3.8) is 0 Å². The number of halogens is 2. The van der Waals surface area contributed by atoms with Gasteiger partial charge in [-0.05, 0) is 42.4 Å². The Bertz CT molecular complexity index is 519. The number of hydrogen-bond acceptors (Lipinski definition) is 2. The molecule has 0 bridgehead atoms. The number of carbonyl (C=O) groups excluding carboxylic acids is 1. The average molecular weight is 297 g/mol. The fourth-order valence-corrected chi connectivity index (χ4v) is 2.57. The Morgan fingerprint density at radius 3 is 2.71 bits per heavy atom. The lowest BCUT2D eigenvalue weighted by molar-refractivity contribution is -0.122. The van der Waals surface area contributed by atoms with Crippen molar-refractivity contribution < 1.29 is 18.7 Å². The van der Waals surface area contributed by atoms with Crippen LogP contribution >= 0.6 is 0 Å². The highest BCUT2D eigenvalue weighted by atomic mass is 19.2. The summed E-state index contributed by atoms with van der Waals surface area (Å²) in [6.45, 7) is 4.24. The lowest BCUT2D eigenvalue weighted by atomic mass is 10.1. The summed E-state index contributed by atoms with van der Waals surface area (Å²) in [6, 6.07) is 3.76. The number of rotatable bonds is 6. The lowest BCUT2D eigenvalue weighted by Crippen LogP contribution is -2.34. The van der Waals surface area contributed by atoms with Gasteiger partial charge >= 0.3 is 0 Å². The maximum atomic E-state index is 13.2. The number of benzene rings is 1. The van der Waals surface area contributed by atoms with Crippen molar-refractivity contribution in [1.82, 2.24) is 5.32 Å². The lowest BCUT2D eigenvalue weighted by Gasteiger charge is -2.13. The quantitative estimate of drug-likeness (QED) is 0.848. The maximum absolute atomic E-state index is 13.2. The van der Waals surface area contributed by atoms with Crippen LogP contribution in [0.25, 0.3) is 0 Å². The molecule has 5 heteroatoms. The molecule has 0 saturated heterocycles. The number of amides is 1. The average Bonchev–Trinajstić information content (AvgIpc) is 3.19. The first-order chi connectivity index (χ1) is 9.88. The monoisotopic (exact) mass is 297 g/mol. The molecule has 3 atom stereocenters. The van der Waals surface area contributed by atoms with Crippen LogP contribution in [0.5, 0.6) is 0 Å². The minimum atomic E-state index is -0.883. The Labute approximate surface area is 123 Å². The molecule has 2 N–H and O–H groups in total. The van der Waals surface area contributed by atoms with Crippen molar-refractivity contribution in [3.05, 3.63) is 35.4 Å². The van der Waals surface area contributed by atoms with E-state index in [9.17, 15) is 18.7 Å². The van der Waals surface area contributed by atoms with Crippen LogP contribution in [0.3, 0.4) is 0 Å². The van der Waals surface area contributed by atoms with Crippen molar-refractivity contribution in [3.8, 4) is 0 Å². The SMILES string of the molecule is CC(C)CC(O)CNC(=O)C1CC1c1ccc(F)c(F)c1. The van der Waals surface area contributed by atoms with E-state index in [1.54, 1.807) is 0 Å². The predicted octanol–water partition coefficient (Wildman–Crippen LogP) is 2.59. The second-order valence-electron chi connectivity index (χ2n) is 6.15. The predicted molar refractivity (Wildman–Crippen MR) is 75.7 cm³/mol. The topological polar surface area (TPSA) is 49.3 Å². The van der Waals surface area contributed by atoms with Crippen molar-refractivity contribution in [2.24, 2.45) is 11.8 Å². The van der Waals surface area contributed by atoms with Gasteiger partial charge < -0.3 is 10.4 Å². The number of nitrogens with one attached hydrogen (secondary N) is 1. The van der Waals surface area contributed by atoms with Crippen molar-refractivity contribution in [1.29, 1.82) is 0 Å². The van der Waals surface area contributed by atoms with E-state index in [4.69, 9.17) is 0 Å². The second kappa shape index (κ2) is 6.52. The zero-order valence-corrected chi connectivity index (χ0v) is 12.3. The molecule has 1 aliphatic rings. The molecule has 1 aromatic rings. The molecule has 1 fully saturated rings. The van der Waals surface area contributed by atoms with Gasteiger partial charge in [0.25, 0.3) is 0 Å². The molecule has 0 aliphatic heterocycles. The van der Waals surface area contributed by atoms with Crippen LogP contribution in [0.1, 0.15) is 38.2 Å². The standard InChI is InChI=1S/C16H21F2NO2/c1-9(2)5-11(20)8-19-16(21)13-7-12(13)10-3-4-14(17)15(18)6-10/h3-4,6,9,11-13,20H,5,7-8H2,1-2H3,(H,19,21). The third kappa shape index (κ3) is 4.24. The van der Waals surface area contributed by atoms with Gasteiger partial charge in [0.15, 0.2) is 11.6 Å². The molecule has 1 saturated carbocycles. The minimum absolute atomic E-state index is 0.0534. The summed E-state index contributed by atoms with van der Waals surface area (Å²) in [6.07, 6.45) is 0.726. The Morgan fingerprint density at radius 1 is 1.38 bits per heavy atom. The van der Waals surface area contributed by atoms with Crippen LogP contribution in [-0.2, 0) is 4.79 Å². The van der Waals surface area contributed by atoms with Gasteiger partial charge in [-0.3, -0.25) is 4.79 Å². The third-order valence-electron chi connectivity index (χ3n) is 3.75. The molecule has 0 radical (unpaired) electrons. The molecule has 0 aromatic heterocycles. The number of hydrogen-bond donors (Lipinski definition) is 2. The van der Waals surface area contributed by atoms with Gasteiger partial charge in [0.05, 0.1) is 6.10 Å². The van der Waals surface area contributed by atoms with Gasteiger partial charge in [-0.25, -0.2) is 8.78 Å². The van der Waals surface area contributed by atoms with Gasteiger partial charge in [-0.2, -0.15) is 0 Å². The van der Waals surface area contributed by atoms with Gasteiger partial charge in [-0.1, -0.05) is 19.9 Å². The number of aliphatic hydroxyl groups excluding tert-OH is 1. The van der Waals surface area contributed by atoms with Crippen LogP contribution < -0.4 is 5.32 Å². The summed E-state index contributed by atoms with van der Waals surface area (Å²) in [4.78, 5) is 11.9. The highest BCUT2D eigenvalue weighted by molar-refractivity contribution is 5.82. The summed E-state index contributed by atoms with van der Waals surface area (Å²) >= 11 is 0. The van der Waals surface area contributed by atoms with E-state index in [-0.39, 0.29) is 24.3 Å². The van der Waals surface area contributed by atoms with Crippen LogP contribution in [-0.4, -0.2) is 23.7 Å². The zero-order valence-electron chi connectivity index (χ0n) is 12.3. The molecule has 1 amide bonds. The fraction of sp³-hybridized carbons (Fsp3) is 0.562. The van der Waals surface area contributed by atoms with Gasteiger partial charge in [0.2, 0.25) is 5.91 Å². The van der Waals surface area contributed by atoms with Crippen LogP contribution in [0.2, 0.25) is 0 Å².